The molecule has 0 radical (unpaired) electrons. The standard InChI is InChI=1S/C18H18ClNO3S2/c1-24-14-6-4-5-13(11-14)20-17(21)12-23-18(22)9-10-25-16-8-3-2-7-15(16)19/h2-8,11H,9-10,12H2,1H3,(H,20,21). The Morgan fingerprint density at radius 1 is 1.16 bits per heavy atom. The Morgan fingerprint density at radius 2 is 1.96 bits per heavy atom. The van der Waals surface area contributed by atoms with Crippen LogP contribution in [-0.2, 0) is 14.3 Å². The molecule has 0 spiro atoms. The highest BCUT2D eigenvalue weighted by Crippen LogP contribution is 2.27. The van der Waals surface area contributed by atoms with Gasteiger partial charge in [0.25, 0.3) is 5.91 Å². The third kappa shape index (κ3) is 7.02. The largest absolute Gasteiger partial charge is 0.456 e. The first-order chi connectivity index (χ1) is 12.1. The molecule has 0 atom stereocenters. The summed E-state index contributed by atoms with van der Waals surface area (Å²) in [7, 11) is 0. The number of hydrogen-bond donors (Lipinski definition) is 1. The fourth-order valence-corrected chi connectivity index (χ4v) is 3.55. The maximum Gasteiger partial charge on any atom is 0.307 e. The molecule has 0 heterocycles. The van der Waals surface area contributed by atoms with Gasteiger partial charge in [0.1, 0.15) is 0 Å². The number of hydrogen-bond acceptors (Lipinski definition) is 5. The predicted molar refractivity (Wildman–Crippen MR) is 105 cm³/mol. The van der Waals surface area contributed by atoms with E-state index in [-0.39, 0.29) is 18.9 Å². The molecule has 0 aromatic heterocycles. The number of halogens is 1. The van der Waals surface area contributed by atoms with Gasteiger partial charge in [-0.25, -0.2) is 0 Å². The molecule has 2 rings (SSSR count). The van der Waals surface area contributed by atoms with Crippen LogP contribution < -0.4 is 5.32 Å². The molecule has 0 bridgehead atoms. The quantitative estimate of drug-likeness (QED) is 0.517. The molecule has 0 saturated carbocycles. The number of benzene rings is 2. The van der Waals surface area contributed by atoms with Crippen LogP contribution in [0.2, 0.25) is 5.02 Å². The van der Waals surface area contributed by atoms with Crippen molar-refractivity contribution in [1.29, 1.82) is 0 Å². The SMILES string of the molecule is CSc1cccc(NC(=O)COC(=O)CCSc2ccccc2Cl)c1. The zero-order valence-electron chi connectivity index (χ0n) is 13.7. The zero-order valence-corrected chi connectivity index (χ0v) is 16.0. The molecule has 2 aromatic carbocycles. The summed E-state index contributed by atoms with van der Waals surface area (Å²) in [5.74, 6) is -0.224. The van der Waals surface area contributed by atoms with Crippen LogP contribution in [0.1, 0.15) is 6.42 Å². The summed E-state index contributed by atoms with van der Waals surface area (Å²) in [6, 6.07) is 14.9. The number of esters is 1. The highest BCUT2D eigenvalue weighted by atomic mass is 35.5. The normalized spacial score (nSPS) is 10.3. The van der Waals surface area contributed by atoms with E-state index >= 15 is 0 Å². The van der Waals surface area contributed by atoms with Crippen molar-refractivity contribution in [3.8, 4) is 0 Å². The second-order valence-corrected chi connectivity index (χ2v) is 7.39. The molecule has 0 fully saturated rings. The van der Waals surface area contributed by atoms with Crippen LogP contribution in [0.15, 0.2) is 58.3 Å². The first kappa shape index (κ1) is 19.7. The Hall–Kier alpha value is -1.63. The Balaban J connectivity index is 1.68. The van der Waals surface area contributed by atoms with Gasteiger partial charge in [0.05, 0.1) is 11.4 Å². The second kappa shape index (κ2) is 10.4. The van der Waals surface area contributed by atoms with Crippen LogP contribution in [0.5, 0.6) is 0 Å². The molecule has 0 saturated heterocycles. The average molecular weight is 396 g/mol. The van der Waals surface area contributed by atoms with E-state index in [0.29, 0.717) is 16.5 Å². The first-order valence-corrected chi connectivity index (χ1v) is 10.1. The summed E-state index contributed by atoms with van der Waals surface area (Å²) in [5, 5.41) is 3.37. The van der Waals surface area contributed by atoms with Gasteiger partial charge < -0.3 is 10.1 Å². The van der Waals surface area contributed by atoms with Gasteiger partial charge in [-0.3, -0.25) is 9.59 Å². The Labute approximate surface area is 160 Å². The van der Waals surface area contributed by atoms with Gasteiger partial charge in [0, 0.05) is 21.2 Å². The molecule has 0 unspecified atom stereocenters. The molecule has 0 aliphatic heterocycles. The molecular weight excluding hydrogens is 378 g/mol. The van der Waals surface area contributed by atoms with E-state index in [1.807, 2.05) is 42.7 Å². The smallest absolute Gasteiger partial charge is 0.307 e. The van der Waals surface area contributed by atoms with Crippen molar-refractivity contribution in [2.24, 2.45) is 0 Å². The van der Waals surface area contributed by atoms with Crippen molar-refractivity contribution in [3.63, 3.8) is 0 Å². The molecule has 2 aromatic rings. The lowest BCUT2D eigenvalue weighted by Crippen LogP contribution is -2.21. The number of carbonyl (C=O) groups excluding carboxylic acids is 2. The summed E-state index contributed by atoms with van der Waals surface area (Å²) < 4.78 is 5.00. The number of ether oxygens (including phenoxy) is 1. The number of carbonyl (C=O) groups is 2. The maximum atomic E-state index is 11.8. The molecule has 0 aliphatic carbocycles. The van der Waals surface area contributed by atoms with Gasteiger partial charge in [0.2, 0.25) is 0 Å². The molecule has 1 N–H and O–H groups in total. The number of nitrogens with one attached hydrogen (secondary N) is 1. The topological polar surface area (TPSA) is 55.4 Å². The van der Waals surface area contributed by atoms with Crippen LogP contribution in [0.25, 0.3) is 0 Å². The van der Waals surface area contributed by atoms with Crippen LogP contribution in [-0.4, -0.2) is 30.5 Å². The summed E-state index contributed by atoms with van der Waals surface area (Å²) in [4.78, 5) is 25.5. The summed E-state index contributed by atoms with van der Waals surface area (Å²) in [6.45, 7) is -0.293. The van der Waals surface area contributed by atoms with E-state index < -0.39 is 5.97 Å². The summed E-state index contributed by atoms with van der Waals surface area (Å²) in [6.07, 6.45) is 2.18. The average Bonchev–Trinajstić information content (AvgIpc) is 2.62. The van der Waals surface area contributed by atoms with Gasteiger partial charge in [-0.15, -0.1) is 23.5 Å². The van der Waals surface area contributed by atoms with Crippen molar-refractivity contribution in [3.05, 3.63) is 53.6 Å². The minimum atomic E-state index is -0.410. The van der Waals surface area contributed by atoms with E-state index in [1.165, 1.54) is 11.8 Å². The van der Waals surface area contributed by atoms with Crippen molar-refractivity contribution in [2.45, 2.75) is 16.2 Å². The first-order valence-electron chi connectivity index (χ1n) is 7.55. The number of thioether (sulfide) groups is 2. The highest BCUT2D eigenvalue weighted by molar-refractivity contribution is 7.99. The van der Waals surface area contributed by atoms with E-state index in [4.69, 9.17) is 16.3 Å². The summed E-state index contributed by atoms with van der Waals surface area (Å²) in [5.41, 5.74) is 0.683. The number of rotatable bonds is 8. The van der Waals surface area contributed by atoms with Crippen molar-refractivity contribution >= 4 is 52.7 Å². The van der Waals surface area contributed by atoms with E-state index in [1.54, 1.807) is 23.9 Å². The fraction of sp³-hybridized carbons (Fsp3) is 0.222. The van der Waals surface area contributed by atoms with Crippen LogP contribution in [0, 0.1) is 0 Å². The molecule has 4 nitrogen and oxygen atoms in total. The maximum absolute atomic E-state index is 11.8. The molecule has 132 valence electrons. The lowest BCUT2D eigenvalue weighted by Gasteiger charge is -2.08. The minimum Gasteiger partial charge on any atom is -0.456 e. The molecule has 1 amide bonds. The van der Waals surface area contributed by atoms with Crippen molar-refractivity contribution in [1.82, 2.24) is 0 Å². The monoisotopic (exact) mass is 395 g/mol. The summed E-state index contributed by atoms with van der Waals surface area (Å²) >= 11 is 9.12. The highest BCUT2D eigenvalue weighted by Gasteiger charge is 2.09. The minimum absolute atomic E-state index is 0.213. The van der Waals surface area contributed by atoms with Crippen LogP contribution in [0.4, 0.5) is 5.69 Å². The van der Waals surface area contributed by atoms with Crippen LogP contribution >= 0.6 is 35.1 Å². The number of anilines is 1. The van der Waals surface area contributed by atoms with Gasteiger partial charge in [-0.05, 0) is 36.6 Å². The number of amides is 1. The van der Waals surface area contributed by atoms with Crippen molar-refractivity contribution in [2.75, 3.05) is 23.9 Å². The lowest BCUT2D eigenvalue weighted by molar-refractivity contribution is -0.146. The molecule has 25 heavy (non-hydrogen) atoms. The molecule has 0 aliphatic rings. The van der Waals surface area contributed by atoms with Crippen molar-refractivity contribution < 1.29 is 14.3 Å². The van der Waals surface area contributed by atoms with E-state index in [2.05, 4.69) is 5.32 Å². The Kier molecular flexibility index (Phi) is 8.18. The third-order valence-electron chi connectivity index (χ3n) is 3.12. The second-order valence-electron chi connectivity index (χ2n) is 4.97. The van der Waals surface area contributed by atoms with Gasteiger partial charge in [0.15, 0.2) is 6.61 Å². The fourth-order valence-electron chi connectivity index (χ4n) is 1.92. The molecular formula is C18H18ClNO3S2. The predicted octanol–water partition coefficient (Wildman–Crippen LogP) is 4.73. The Morgan fingerprint density at radius 3 is 2.72 bits per heavy atom. The molecule has 7 heteroatoms. The Bertz CT molecular complexity index is 740. The lowest BCUT2D eigenvalue weighted by atomic mass is 10.3. The van der Waals surface area contributed by atoms with Crippen LogP contribution in [0.3, 0.4) is 0 Å². The third-order valence-corrected chi connectivity index (χ3v) is 5.36. The van der Waals surface area contributed by atoms with Gasteiger partial charge in [-0.2, -0.15) is 0 Å². The van der Waals surface area contributed by atoms with Gasteiger partial charge >= 0.3 is 5.97 Å². The van der Waals surface area contributed by atoms with E-state index in [0.717, 1.165) is 9.79 Å². The van der Waals surface area contributed by atoms with Gasteiger partial charge in [-0.1, -0.05) is 29.8 Å². The zero-order chi connectivity index (χ0) is 18.1. The van der Waals surface area contributed by atoms with E-state index in [9.17, 15) is 9.59 Å².